The molecule has 1 spiro atoms. The van der Waals surface area contributed by atoms with E-state index in [9.17, 15) is 9.59 Å². The van der Waals surface area contributed by atoms with Crippen LogP contribution in [0.1, 0.15) is 60.0 Å². The number of nitrogens with one attached hydrogen (secondary N) is 1. The molecule has 3 aliphatic rings. The number of ketones is 1. The summed E-state index contributed by atoms with van der Waals surface area (Å²) < 4.78 is 11.9. The van der Waals surface area contributed by atoms with Gasteiger partial charge in [-0.2, -0.15) is 0 Å². The molecule has 3 aromatic rings. The summed E-state index contributed by atoms with van der Waals surface area (Å²) in [5.74, 6) is 0.344. The number of Topliss-reactive ketones (excluding diaryl/α,β-unsaturated/α-hetero) is 1. The zero-order valence-electron chi connectivity index (χ0n) is 23.2. The molecule has 3 aromatic carbocycles. The van der Waals surface area contributed by atoms with Crippen LogP contribution in [0.15, 0.2) is 78.9 Å². The largest absolute Gasteiger partial charge is 0.486 e. The van der Waals surface area contributed by atoms with E-state index in [1.165, 1.54) is 22.8 Å². The minimum atomic E-state index is -0.451. The van der Waals surface area contributed by atoms with E-state index in [-0.39, 0.29) is 11.7 Å². The van der Waals surface area contributed by atoms with Gasteiger partial charge in [-0.3, -0.25) is 14.5 Å². The van der Waals surface area contributed by atoms with E-state index in [0.717, 1.165) is 57.3 Å². The van der Waals surface area contributed by atoms with Crippen molar-refractivity contribution in [3.63, 3.8) is 0 Å². The first kappa shape index (κ1) is 27.4. The van der Waals surface area contributed by atoms with Crippen LogP contribution in [0.25, 0.3) is 17.2 Å². The molecule has 3 aliphatic heterocycles. The molecule has 1 amide bonds. The van der Waals surface area contributed by atoms with Crippen molar-refractivity contribution in [1.29, 1.82) is 0 Å². The summed E-state index contributed by atoms with van der Waals surface area (Å²) in [4.78, 5) is 33.1. The Balaban J connectivity index is 1.02. The van der Waals surface area contributed by atoms with Gasteiger partial charge in [0, 0.05) is 51.6 Å². The number of nitrogens with zero attached hydrogens (tertiary/aromatic N) is 1. The van der Waals surface area contributed by atoms with Crippen molar-refractivity contribution in [1.82, 2.24) is 10.4 Å². The normalized spacial score (nSPS) is 20.5. The Kier molecular flexibility index (Phi) is 8.28. The molecule has 1 N–H and O–H groups in total. The number of hydroxylamine groups is 1. The molecule has 212 valence electrons. The van der Waals surface area contributed by atoms with Crippen molar-refractivity contribution in [3.8, 4) is 16.9 Å². The van der Waals surface area contributed by atoms with Gasteiger partial charge in [0.05, 0.1) is 12.0 Å². The highest BCUT2D eigenvalue weighted by molar-refractivity contribution is 6.01. The number of amides is 1. The molecular weight excluding hydrogens is 516 g/mol. The number of fused-ring (bicyclic) bond motifs is 1. The van der Waals surface area contributed by atoms with E-state index in [1.54, 1.807) is 12.1 Å². The van der Waals surface area contributed by atoms with Gasteiger partial charge in [0.25, 0.3) is 5.91 Å². The van der Waals surface area contributed by atoms with Crippen molar-refractivity contribution in [3.05, 3.63) is 95.6 Å². The standard InChI is InChI=1S/C34H36N2O5/c37-30-23-34(17-19-36(20-18-34)24-26-9-13-28(14-10-26)27-6-2-1-3-7-27)40-31-15-11-25(22-29(30)31)12-16-32(38)35-41-33-8-4-5-21-39-33/h1-3,6-7,9-16,22,33H,4-5,8,17-21,23-24H2,(H,35,38)/b16-12+. The van der Waals surface area contributed by atoms with Crippen LogP contribution in [0, 0.1) is 0 Å². The molecule has 0 aromatic heterocycles. The van der Waals surface area contributed by atoms with Gasteiger partial charge in [-0.15, -0.1) is 0 Å². The van der Waals surface area contributed by atoms with Crippen LogP contribution < -0.4 is 10.2 Å². The lowest BCUT2D eigenvalue weighted by atomic mass is 9.82. The molecule has 7 nitrogen and oxygen atoms in total. The lowest BCUT2D eigenvalue weighted by Crippen LogP contribution is -2.50. The van der Waals surface area contributed by atoms with Gasteiger partial charge in [-0.05, 0) is 53.3 Å². The maximum atomic E-state index is 13.2. The van der Waals surface area contributed by atoms with Gasteiger partial charge in [0.15, 0.2) is 12.1 Å². The van der Waals surface area contributed by atoms with E-state index in [2.05, 4.69) is 58.9 Å². The Labute approximate surface area is 241 Å². The molecular formula is C34H36N2O5. The number of hydrogen-bond donors (Lipinski definition) is 1. The maximum absolute atomic E-state index is 13.2. The second-order valence-electron chi connectivity index (χ2n) is 11.2. The summed E-state index contributed by atoms with van der Waals surface area (Å²) in [5.41, 5.74) is 7.03. The van der Waals surface area contributed by atoms with E-state index in [0.29, 0.717) is 24.3 Å². The number of hydrogen-bond acceptors (Lipinski definition) is 6. The van der Waals surface area contributed by atoms with Gasteiger partial charge in [-0.1, -0.05) is 60.7 Å². The van der Waals surface area contributed by atoms with Crippen molar-refractivity contribution in [2.75, 3.05) is 19.7 Å². The Bertz CT molecular complexity index is 1390. The molecule has 1 atom stereocenters. The molecule has 0 saturated carbocycles. The summed E-state index contributed by atoms with van der Waals surface area (Å²) in [6.45, 7) is 3.29. The predicted octanol–water partition coefficient (Wildman–Crippen LogP) is 5.94. The van der Waals surface area contributed by atoms with E-state index >= 15 is 0 Å². The lowest BCUT2D eigenvalue weighted by molar-refractivity contribution is -0.198. The monoisotopic (exact) mass is 552 g/mol. The van der Waals surface area contributed by atoms with Gasteiger partial charge in [-0.25, -0.2) is 10.3 Å². The molecule has 6 rings (SSSR count). The van der Waals surface area contributed by atoms with Crippen LogP contribution >= 0.6 is 0 Å². The summed E-state index contributed by atoms with van der Waals surface area (Å²) in [6.07, 6.45) is 7.46. The minimum absolute atomic E-state index is 0.0914. The second-order valence-corrected chi connectivity index (χ2v) is 11.2. The van der Waals surface area contributed by atoms with Gasteiger partial charge in [0.1, 0.15) is 11.4 Å². The Hall–Kier alpha value is -3.78. The van der Waals surface area contributed by atoms with Gasteiger partial charge >= 0.3 is 0 Å². The molecule has 0 aliphatic carbocycles. The van der Waals surface area contributed by atoms with E-state index in [4.69, 9.17) is 14.3 Å². The predicted molar refractivity (Wildman–Crippen MR) is 157 cm³/mol. The van der Waals surface area contributed by atoms with Crippen molar-refractivity contribution >= 4 is 17.8 Å². The zero-order chi connectivity index (χ0) is 28.1. The van der Waals surface area contributed by atoms with Gasteiger partial charge < -0.3 is 9.47 Å². The first-order valence-electron chi connectivity index (χ1n) is 14.5. The Morgan fingerprint density at radius 3 is 2.54 bits per heavy atom. The molecule has 1 unspecified atom stereocenters. The fourth-order valence-corrected chi connectivity index (χ4v) is 5.84. The number of piperidine rings is 1. The van der Waals surface area contributed by atoms with Crippen molar-refractivity contribution in [2.45, 2.75) is 57.0 Å². The Morgan fingerprint density at radius 2 is 1.78 bits per heavy atom. The average molecular weight is 553 g/mol. The highest BCUT2D eigenvalue weighted by Crippen LogP contribution is 2.40. The average Bonchev–Trinajstić information content (AvgIpc) is 3.02. The summed E-state index contributed by atoms with van der Waals surface area (Å²) in [7, 11) is 0. The summed E-state index contributed by atoms with van der Waals surface area (Å²) in [6, 6.07) is 24.7. The van der Waals surface area contributed by atoms with Gasteiger partial charge in [0.2, 0.25) is 0 Å². The van der Waals surface area contributed by atoms with E-state index in [1.807, 2.05) is 18.2 Å². The third-order valence-electron chi connectivity index (χ3n) is 8.20. The smallest absolute Gasteiger partial charge is 0.267 e. The topological polar surface area (TPSA) is 77.1 Å². The van der Waals surface area contributed by atoms with Crippen LogP contribution in [-0.4, -0.2) is 48.2 Å². The lowest BCUT2D eigenvalue weighted by Gasteiger charge is -2.44. The minimum Gasteiger partial charge on any atom is -0.486 e. The third kappa shape index (κ3) is 6.76. The highest BCUT2D eigenvalue weighted by Gasteiger charge is 2.42. The van der Waals surface area contributed by atoms with Crippen LogP contribution in [0.2, 0.25) is 0 Å². The fourth-order valence-electron chi connectivity index (χ4n) is 5.84. The second kappa shape index (κ2) is 12.4. The van der Waals surface area contributed by atoms with E-state index < -0.39 is 11.9 Å². The van der Waals surface area contributed by atoms with Crippen LogP contribution in [0.5, 0.6) is 5.75 Å². The molecule has 0 bridgehead atoms. The van der Waals surface area contributed by atoms with Crippen molar-refractivity contribution < 1.29 is 23.9 Å². The quantitative estimate of drug-likeness (QED) is 0.289. The van der Waals surface area contributed by atoms with Crippen LogP contribution in [0.4, 0.5) is 0 Å². The molecule has 7 heteroatoms. The summed E-state index contributed by atoms with van der Waals surface area (Å²) in [5, 5.41) is 0. The fraction of sp³-hybridized carbons (Fsp3) is 0.353. The Morgan fingerprint density at radius 1 is 1.00 bits per heavy atom. The van der Waals surface area contributed by atoms with Crippen molar-refractivity contribution in [2.24, 2.45) is 0 Å². The van der Waals surface area contributed by atoms with Crippen LogP contribution in [0.3, 0.4) is 0 Å². The number of rotatable bonds is 7. The molecule has 0 radical (unpaired) electrons. The zero-order valence-corrected chi connectivity index (χ0v) is 23.2. The first-order valence-corrected chi connectivity index (χ1v) is 14.5. The number of benzene rings is 3. The maximum Gasteiger partial charge on any atom is 0.267 e. The summed E-state index contributed by atoms with van der Waals surface area (Å²) >= 11 is 0. The van der Waals surface area contributed by atoms with Crippen LogP contribution in [-0.2, 0) is 20.9 Å². The number of likely N-dealkylation sites (tertiary alicyclic amines) is 1. The highest BCUT2D eigenvalue weighted by atomic mass is 16.8. The molecule has 2 saturated heterocycles. The molecule has 2 fully saturated rings. The molecule has 3 heterocycles. The molecule has 41 heavy (non-hydrogen) atoms. The first-order chi connectivity index (χ1) is 20.1. The number of carbonyl (C=O) groups excluding carboxylic acids is 2. The number of carbonyl (C=O) groups is 2. The third-order valence-corrected chi connectivity index (χ3v) is 8.20. The number of ether oxygens (including phenoxy) is 2. The SMILES string of the molecule is O=C(/C=C/c1ccc2c(c1)C(=O)CC1(CCN(Cc3ccc(-c4ccccc4)cc3)CC1)O2)NOC1CCCCO1.